The Morgan fingerprint density at radius 2 is 1.39 bits per heavy atom. The van der Waals surface area contributed by atoms with Crippen molar-refractivity contribution in [3.05, 3.63) is 0 Å². The first-order chi connectivity index (χ1) is 10.4. The van der Waals surface area contributed by atoms with Gasteiger partial charge >= 0.3 is 11.9 Å². The third kappa shape index (κ3) is 3.11. The Labute approximate surface area is 137 Å². The van der Waals surface area contributed by atoms with E-state index < -0.39 is 34.3 Å². The van der Waals surface area contributed by atoms with Crippen molar-refractivity contribution in [3.8, 4) is 0 Å². The highest BCUT2D eigenvalue weighted by atomic mass is 16.5. The number of carbonyl (C=O) groups is 2. The second-order valence-electron chi connectivity index (χ2n) is 8.62. The third-order valence-electron chi connectivity index (χ3n) is 6.07. The minimum atomic E-state index is -0.873. The predicted molar refractivity (Wildman–Crippen MR) is 84.2 cm³/mol. The molecule has 1 aliphatic heterocycles. The van der Waals surface area contributed by atoms with E-state index in [9.17, 15) is 25.0 Å². The molecule has 0 aromatic heterocycles. The molecule has 0 bridgehead atoms. The standard InChI is InChI=1S/C17H29NO5/c1-15(2)9-12(10-16(3,4)18(15)23)17(14(21)22)7-5-11(6-8-17)13(19)20/h11-12,23H,5-10H2,1-4H3,(H,19,20)(H,21,22). The number of hydroxylamine groups is 2. The summed E-state index contributed by atoms with van der Waals surface area (Å²) in [6.45, 7) is 7.72. The number of nitrogens with zero attached hydrogens (tertiary/aromatic N) is 1. The van der Waals surface area contributed by atoms with Crippen molar-refractivity contribution >= 4 is 11.9 Å². The van der Waals surface area contributed by atoms with Crippen LogP contribution >= 0.6 is 0 Å². The van der Waals surface area contributed by atoms with Gasteiger partial charge in [-0.3, -0.25) is 9.59 Å². The Morgan fingerprint density at radius 1 is 0.957 bits per heavy atom. The maximum absolute atomic E-state index is 12.1. The van der Waals surface area contributed by atoms with Gasteiger partial charge in [-0.15, -0.1) is 0 Å². The first-order valence-corrected chi connectivity index (χ1v) is 8.38. The van der Waals surface area contributed by atoms with Gasteiger partial charge in [0.1, 0.15) is 0 Å². The lowest BCUT2D eigenvalue weighted by atomic mass is 9.57. The highest BCUT2D eigenvalue weighted by Crippen LogP contribution is 2.53. The van der Waals surface area contributed by atoms with Gasteiger partial charge in [0.2, 0.25) is 0 Å². The molecule has 2 rings (SSSR count). The van der Waals surface area contributed by atoms with Crippen LogP contribution in [0.1, 0.15) is 66.2 Å². The van der Waals surface area contributed by atoms with E-state index in [0.29, 0.717) is 38.5 Å². The lowest BCUT2D eigenvalue weighted by Gasteiger charge is -2.56. The molecular formula is C17H29NO5. The molecule has 1 aliphatic carbocycles. The topological polar surface area (TPSA) is 98.1 Å². The van der Waals surface area contributed by atoms with Crippen molar-refractivity contribution in [3.63, 3.8) is 0 Å². The van der Waals surface area contributed by atoms with Gasteiger partial charge in [0.25, 0.3) is 0 Å². The van der Waals surface area contributed by atoms with E-state index in [4.69, 9.17) is 0 Å². The maximum atomic E-state index is 12.1. The first-order valence-electron chi connectivity index (χ1n) is 8.38. The van der Waals surface area contributed by atoms with Gasteiger partial charge in [0.05, 0.1) is 11.3 Å². The Morgan fingerprint density at radius 3 is 1.74 bits per heavy atom. The molecule has 1 heterocycles. The quantitative estimate of drug-likeness (QED) is 0.737. The average Bonchev–Trinajstić information content (AvgIpc) is 2.43. The number of carboxylic acid groups (broad SMARTS) is 2. The molecule has 6 heteroatoms. The normalized spacial score (nSPS) is 34.9. The van der Waals surface area contributed by atoms with Gasteiger partial charge in [-0.05, 0) is 72.1 Å². The van der Waals surface area contributed by atoms with Crippen LogP contribution in [0.5, 0.6) is 0 Å². The maximum Gasteiger partial charge on any atom is 0.309 e. The fourth-order valence-corrected chi connectivity index (χ4v) is 4.84. The molecule has 2 fully saturated rings. The molecule has 0 unspecified atom stereocenters. The van der Waals surface area contributed by atoms with Crippen LogP contribution in [0.4, 0.5) is 0 Å². The monoisotopic (exact) mass is 327 g/mol. The molecule has 132 valence electrons. The van der Waals surface area contributed by atoms with Crippen molar-refractivity contribution in [1.82, 2.24) is 5.06 Å². The molecule has 1 saturated heterocycles. The first kappa shape index (κ1) is 18.2. The number of hydrogen-bond donors (Lipinski definition) is 3. The lowest BCUT2D eigenvalue weighted by Crippen LogP contribution is -2.62. The summed E-state index contributed by atoms with van der Waals surface area (Å²) in [6.07, 6.45) is 2.83. The van der Waals surface area contributed by atoms with Crippen LogP contribution in [0, 0.1) is 17.3 Å². The van der Waals surface area contributed by atoms with Crippen LogP contribution in [-0.2, 0) is 9.59 Å². The van der Waals surface area contributed by atoms with Crippen LogP contribution in [0.2, 0.25) is 0 Å². The molecule has 0 spiro atoms. The summed E-state index contributed by atoms with van der Waals surface area (Å²) in [7, 11) is 0. The molecule has 2 aliphatic rings. The number of hydrogen-bond acceptors (Lipinski definition) is 4. The summed E-state index contributed by atoms with van der Waals surface area (Å²) >= 11 is 0. The van der Waals surface area contributed by atoms with Crippen LogP contribution in [0.3, 0.4) is 0 Å². The number of carboxylic acids is 2. The zero-order chi connectivity index (χ0) is 17.6. The highest BCUT2D eigenvalue weighted by Gasteiger charge is 2.56. The second-order valence-corrected chi connectivity index (χ2v) is 8.62. The van der Waals surface area contributed by atoms with Gasteiger partial charge in [-0.25, -0.2) is 0 Å². The molecule has 6 nitrogen and oxygen atoms in total. The Hall–Kier alpha value is -1.14. The highest BCUT2D eigenvalue weighted by molar-refractivity contribution is 5.76. The predicted octanol–water partition coefficient (Wildman–Crippen LogP) is 2.99. The fraction of sp³-hybridized carbons (Fsp3) is 0.882. The van der Waals surface area contributed by atoms with Crippen molar-refractivity contribution in [2.24, 2.45) is 17.3 Å². The van der Waals surface area contributed by atoms with E-state index in [-0.39, 0.29) is 5.92 Å². The molecular weight excluding hydrogens is 298 g/mol. The second kappa shape index (κ2) is 5.74. The molecule has 0 aromatic carbocycles. The minimum Gasteiger partial charge on any atom is -0.481 e. The zero-order valence-corrected chi connectivity index (χ0v) is 14.5. The fourth-order valence-electron chi connectivity index (χ4n) is 4.84. The van der Waals surface area contributed by atoms with Crippen molar-refractivity contribution in [2.75, 3.05) is 0 Å². The summed E-state index contributed by atoms with van der Waals surface area (Å²) in [4.78, 5) is 23.3. The van der Waals surface area contributed by atoms with Crippen molar-refractivity contribution in [1.29, 1.82) is 0 Å². The van der Waals surface area contributed by atoms with Crippen LogP contribution in [0.25, 0.3) is 0 Å². The Kier molecular flexibility index (Phi) is 4.54. The van der Waals surface area contributed by atoms with Crippen LogP contribution < -0.4 is 0 Å². The summed E-state index contributed by atoms with van der Waals surface area (Å²) < 4.78 is 0. The van der Waals surface area contributed by atoms with E-state index in [0.717, 1.165) is 0 Å². The minimum absolute atomic E-state index is 0.0665. The largest absolute Gasteiger partial charge is 0.481 e. The average molecular weight is 327 g/mol. The third-order valence-corrected chi connectivity index (χ3v) is 6.07. The van der Waals surface area contributed by atoms with E-state index in [1.165, 1.54) is 5.06 Å². The van der Waals surface area contributed by atoms with E-state index in [1.807, 2.05) is 27.7 Å². The van der Waals surface area contributed by atoms with Gasteiger partial charge in [0.15, 0.2) is 0 Å². The van der Waals surface area contributed by atoms with Gasteiger partial charge in [0, 0.05) is 11.1 Å². The number of piperidine rings is 1. The van der Waals surface area contributed by atoms with Crippen LogP contribution in [0.15, 0.2) is 0 Å². The smallest absolute Gasteiger partial charge is 0.309 e. The van der Waals surface area contributed by atoms with Gasteiger partial charge < -0.3 is 15.4 Å². The van der Waals surface area contributed by atoms with E-state index in [2.05, 4.69) is 0 Å². The van der Waals surface area contributed by atoms with E-state index in [1.54, 1.807) is 0 Å². The summed E-state index contributed by atoms with van der Waals surface area (Å²) in [6, 6.07) is 0. The Balaban J connectivity index is 2.29. The molecule has 0 atom stereocenters. The lowest BCUT2D eigenvalue weighted by molar-refractivity contribution is -0.260. The van der Waals surface area contributed by atoms with Crippen molar-refractivity contribution in [2.45, 2.75) is 77.3 Å². The van der Waals surface area contributed by atoms with Gasteiger partial charge in [-0.1, -0.05) is 0 Å². The zero-order valence-electron chi connectivity index (χ0n) is 14.5. The van der Waals surface area contributed by atoms with Gasteiger partial charge in [-0.2, -0.15) is 5.06 Å². The summed E-state index contributed by atoms with van der Waals surface area (Å²) in [5, 5.41) is 30.9. The molecule has 3 N–H and O–H groups in total. The summed E-state index contributed by atoms with van der Waals surface area (Å²) in [5.41, 5.74) is -1.88. The summed E-state index contributed by atoms with van der Waals surface area (Å²) in [5.74, 6) is -2.14. The van der Waals surface area contributed by atoms with E-state index >= 15 is 0 Å². The van der Waals surface area contributed by atoms with Crippen LogP contribution in [-0.4, -0.2) is 43.5 Å². The molecule has 0 amide bonds. The van der Waals surface area contributed by atoms with Crippen molar-refractivity contribution < 1.29 is 25.0 Å². The molecule has 23 heavy (non-hydrogen) atoms. The molecule has 0 aromatic rings. The molecule has 0 radical (unpaired) electrons. The Bertz CT molecular complexity index is 473. The number of aliphatic carboxylic acids is 2. The molecule has 1 saturated carbocycles. The number of rotatable bonds is 3. The SMILES string of the molecule is CC1(C)CC(C2(C(=O)O)CCC(C(=O)O)CC2)CC(C)(C)N1O.